The Labute approximate surface area is 161 Å². The van der Waals surface area contributed by atoms with Gasteiger partial charge in [-0.25, -0.2) is 0 Å². The number of carbonyl (C=O) groups is 2. The number of rotatable bonds is 7. The minimum absolute atomic E-state index is 0.146. The highest BCUT2D eigenvalue weighted by atomic mass is 32.2. The summed E-state index contributed by atoms with van der Waals surface area (Å²) < 4.78 is 0. The molecule has 1 aromatic carbocycles. The lowest BCUT2D eigenvalue weighted by Crippen LogP contribution is -2.38. The molecular weight excluding hydrogens is 342 g/mol. The average Bonchev–Trinajstić information content (AvgIpc) is 3.48. The van der Waals surface area contributed by atoms with Crippen LogP contribution >= 0.6 is 11.8 Å². The van der Waals surface area contributed by atoms with E-state index in [1.165, 1.54) is 18.2 Å². The lowest BCUT2D eigenvalue weighted by Gasteiger charge is -2.31. The number of amides is 1. The van der Waals surface area contributed by atoms with Gasteiger partial charge >= 0.3 is 0 Å². The quantitative estimate of drug-likeness (QED) is 0.577. The van der Waals surface area contributed by atoms with Gasteiger partial charge in [-0.05, 0) is 61.9 Å². The molecular formula is C22H31NO2S. The molecule has 26 heavy (non-hydrogen) atoms. The number of benzene rings is 1. The molecule has 0 aliphatic heterocycles. The first-order chi connectivity index (χ1) is 12.6. The molecule has 0 spiro atoms. The zero-order valence-electron chi connectivity index (χ0n) is 16.1. The molecule has 0 saturated heterocycles. The third-order valence-corrected chi connectivity index (χ3v) is 6.53. The first-order valence-electron chi connectivity index (χ1n) is 10.2. The number of para-hydroxylation sites is 1. The topological polar surface area (TPSA) is 37.4 Å². The number of thioether (sulfide) groups is 1. The zero-order valence-corrected chi connectivity index (χ0v) is 16.9. The predicted octanol–water partition coefficient (Wildman–Crippen LogP) is 5.67. The van der Waals surface area contributed by atoms with Gasteiger partial charge in [-0.3, -0.25) is 9.59 Å². The summed E-state index contributed by atoms with van der Waals surface area (Å²) in [7, 11) is 0. The molecule has 0 aromatic heterocycles. The van der Waals surface area contributed by atoms with Crippen LogP contribution in [0.4, 0.5) is 5.69 Å². The van der Waals surface area contributed by atoms with Crippen molar-refractivity contribution in [2.45, 2.75) is 70.1 Å². The van der Waals surface area contributed by atoms with E-state index < -0.39 is 0 Å². The molecule has 0 heterocycles. The van der Waals surface area contributed by atoms with Crippen molar-refractivity contribution in [2.75, 3.05) is 11.4 Å². The van der Waals surface area contributed by atoms with Crippen LogP contribution < -0.4 is 4.90 Å². The van der Waals surface area contributed by atoms with Crippen LogP contribution in [0.2, 0.25) is 0 Å². The van der Waals surface area contributed by atoms with Gasteiger partial charge in [0.15, 0.2) is 5.12 Å². The smallest absolute Gasteiger partial charge is 0.230 e. The molecule has 142 valence electrons. The van der Waals surface area contributed by atoms with Gasteiger partial charge in [-0.2, -0.15) is 0 Å². The van der Waals surface area contributed by atoms with Gasteiger partial charge in [0.05, 0.1) is 5.69 Å². The highest BCUT2D eigenvalue weighted by Gasteiger charge is 2.32. The number of carbonyl (C=O) groups excluding carboxylic acids is 2. The molecule has 2 fully saturated rings. The normalized spacial score (nSPS) is 18.1. The van der Waals surface area contributed by atoms with E-state index in [4.69, 9.17) is 0 Å². The van der Waals surface area contributed by atoms with Gasteiger partial charge in [0.2, 0.25) is 5.91 Å². The molecule has 0 N–H and O–H groups in total. The maximum absolute atomic E-state index is 13.3. The summed E-state index contributed by atoms with van der Waals surface area (Å²) in [4.78, 5) is 28.6. The summed E-state index contributed by atoms with van der Waals surface area (Å²) >= 11 is 1.33. The van der Waals surface area contributed by atoms with Gasteiger partial charge in [-0.15, -0.1) is 0 Å². The molecule has 1 aromatic rings. The summed E-state index contributed by atoms with van der Waals surface area (Å²) in [5.74, 6) is 1.18. The maximum Gasteiger partial charge on any atom is 0.230 e. The Bertz CT molecular complexity index is 633. The van der Waals surface area contributed by atoms with E-state index in [1.54, 1.807) is 0 Å². The molecule has 4 heteroatoms. The Kier molecular flexibility index (Phi) is 6.80. The second-order valence-electron chi connectivity index (χ2n) is 8.17. The third-order valence-electron chi connectivity index (χ3n) is 5.43. The van der Waals surface area contributed by atoms with Crippen LogP contribution in [0.25, 0.3) is 0 Å². The second-order valence-corrected chi connectivity index (χ2v) is 9.22. The zero-order chi connectivity index (χ0) is 18.5. The number of anilines is 1. The molecule has 2 saturated carbocycles. The SMILES string of the molecule is CC(C)CCN(C(=O)C1CCCCC1)c1ccccc1SC(=O)C1CC1. The fraction of sp³-hybridized carbons (Fsp3) is 0.636. The monoisotopic (exact) mass is 373 g/mol. The number of hydrogen-bond donors (Lipinski definition) is 0. The van der Waals surface area contributed by atoms with Crippen molar-refractivity contribution in [1.29, 1.82) is 0 Å². The molecule has 3 nitrogen and oxygen atoms in total. The standard InChI is InChI=1S/C22H31NO2S/c1-16(2)14-15-23(21(24)17-8-4-3-5-9-17)19-10-6-7-11-20(19)26-22(25)18-12-13-18/h6-7,10-11,16-18H,3-5,8-9,12-15H2,1-2H3. The molecule has 3 rings (SSSR count). The lowest BCUT2D eigenvalue weighted by molar-refractivity contribution is -0.123. The first kappa shape index (κ1) is 19.5. The Morgan fingerprint density at radius 1 is 1.04 bits per heavy atom. The highest BCUT2D eigenvalue weighted by Crippen LogP contribution is 2.40. The van der Waals surface area contributed by atoms with Gasteiger partial charge in [-0.1, -0.05) is 45.2 Å². The van der Waals surface area contributed by atoms with Crippen LogP contribution in [0.1, 0.15) is 65.2 Å². The molecule has 0 radical (unpaired) electrons. The van der Waals surface area contributed by atoms with Crippen LogP contribution in [-0.4, -0.2) is 17.6 Å². The lowest BCUT2D eigenvalue weighted by atomic mass is 9.88. The summed E-state index contributed by atoms with van der Waals surface area (Å²) in [6.07, 6.45) is 8.60. The fourth-order valence-corrected chi connectivity index (χ4v) is 4.63. The van der Waals surface area contributed by atoms with Crippen LogP contribution in [0.5, 0.6) is 0 Å². The maximum atomic E-state index is 13.3. The second kappa shape index (κ2) is 9.07. The first-order valence-corrected chi connectivity index (χ1v) is 11.0. The summed E-state index contributed by atoms with van der Waals surface area (Å²) in [5, 5.41) is 0.256. The molecule has 0 bridgehead atoms. The van der Waals surface area contributed by atoms with Crippen molar-refractivity contribution in [3.63, 3.8) is 0 Å². The highest BCUT2D eigenvalue weighted by molar-refractivity contribution is 8.13. The minimum Gasteiger partial charge on any atom is -0.311 e. The summed E-state index contributed by atoms with van der Waals surface area (Å²) in [5.41, 5.74) is 0.933. The molecule has 0 atom stereocenters. The Morgan fingerprint density at radius 3 is 2.38 bits per heavy atom. The molecule has 2 aliphatic carbocycles. The van der Waals surface area contributed by atoms with Crippen molar-refractivity contribution < 1.29 is 9.59 Å². The van der Waals surface area contributed by atoms with Gasteiger partial charge < -0.3 is 4.90 Å². The van der Waals surface area contributed by atoms with Gasteiger partial charge in [0.25, 0.3) is 0 Å². The predicted molar refractivity (Wildman–Crippen MR) is 108 cm³/mol. The van der Waals surface area contributed by atoms with Crippen LogP contribution in [0.15, 0.2) is 29.2 Å². The minimum atomic E-state index is 0.146. The van der Waals surface area contributed by atoms with Crippen LogP contribution in [0, 0.1) is 17.8 Å². The largest absolute Gasteiger partial charge is 0.311 e. The molecule has 0 unspecified atom stereocenters. The van der Waals surface area contributed by atoms with Crippen molar-refractivity contribution in [1.82, 2.24) is 0 Å². The number of nitrogens with zero attached hydrogens (tertiary/aromatic N) is 1. The van der Waals surface area contributed by atoms with Crippen molar-refractivity contribution in [3.8, 4) is 0 Å². The van der Waals surface area contributed by atoms with E-state index in [1.807, 2.05) is 29.2 Å². The Balaban J connectivity index is 1.82. The van der Waals surface area contributed by atoms with E-state index >= 15 is 0 Å². The van der Waals surface area contributed by atoms with Crippen LogP contribution in [-0.2, 0) is 9.59 Å². The van der Waals surface area contributed by atoms with E-state index in [9.17, 15) is 9.59 Å². The van der Waals surface area contributed by atoms with Crippen molar-refractivity contribution in [3.05, 3.63) is 24.3 Å². The van der Waals surface area contributed by atoms with E-state index in [0.29, 0.717) is 5.92 Å². The van der Waals surface area contributed by atoms with Gasteiger partial charge in [0.1, 0.15) is 0 Å². The molecule has 2 aliphatic rings. The number of hydrogen-bond acceptors (Lipinski definition) is 3. The Hall–Kier alpha value is -1.29. The fourth-order valence-electron chi connectivity index (χ4n) is 3.58. The van der Waals surface area contributed by atoms with Gasteiger partial charge in [0, 0.05) is 23.3 Å². The van der Waals surface area contributed by atoms with Crippen molar-refractivity contribution >= 4 is 28.5 Å². The van der Waals surface area contributed by atoms with E-state index in [0.717, 1.165) is 62.1 Å². The van der Waals surface area contributed by atoms with E-state index in [2.05, 4.69) is 13.8 Å². The van der Waals surface area contributed by atoms with Crippen molar-refractivity contribution in [2.24, 2.45) is 17.8 Å². The van der Waals surface area contributed by atoms with Crippen LogP contribution in [0.3, 0.4) is 0 Å². The third kappa shape index (κ3) is 5.12. The van der Waals surface area contributed by atoms with E-state index in [-0.39, 0.29) is 22.9 Å². The molecule has 1 amide bonds. The summed E-state index contributed by atoms with van der Waals surface area (Å²) in [6.45, 7) is 5.13. The Morgan fingerprint density at radius 2 is 1.73 bits per heavy atom. The average molecular weight is 374 g/mol. The summed E-state index contributed by atoms with van der Waals surface area (Å²) in [6, 6.07) is 7.97.